The fourth-order valence-electron chi connectivity index (χ4n) is 5.87. The number of hydrogen-bond donors (Lipinski definition) is 1. The van der Waals surface area contributed by atoms with Crippen LogP contribution in [0.3, 0.4) is 0 Å². The Labute approximate surface area is 231 Å². The van der Waals surface area contributed by atoms with Gasteiger partial charge in [0.05, 0.1) is 19.3 Å². The number of aromatic amines is 1. The van der Waals surface area contributed by atoms with Crippen molar-refractivity contribution in [3.63, 3.8) is 0 Å². The molecular weight excluding hydrogens is 518 g/mol. The van der Waals surface area contributed by atoms with Crippen molar-refractivity contribution in [1.82, 2.24) is 29.7 Å². The third-order valence-electron chi connectivity index (χ3n) is 8.08. The van der Waals surface area contributed by atoms with Gasteiger partial charge in [0.25, 0.3) is 5.89 Å². The van der Waals surface area contributed by atoms with E-state index in [1.54, 1.807) is 0 Å². The van der Waals surface area contributed by atoms with Gasteiger partial charge in [0.2, 0.25) is 11.8 Å². The Morgan fingerprint density at radius 1 is 1.15 bits per heavy atom. The zero-order valence-corrected chi connectivity index (χ0v) is 23.3. The minimum atomic E-state index is -0.663. The number of imidazole rings is 1. The second-order valence-corrected chi connectivity index (χ2v) is 11.7. The van der Waals surface area contributed by atoms with Crippen LogP contribution in [0.5, 0.6) is 0 Å². The minimum absolute atomic E-state index is 0.0222. The minimum Gasteiger partial charge on any atom is -0.384 e. The van der Waals surface area contributed by atoms with Crippen LogP contribution < -0.4 is 10.7 Å². The summed E-state index contributed by atoms with van der Waals surface area (Å²) in [6, 6.07) is 7.79. The molecule has 0 unspecified atom stereocenters. The summed E-state index contributed by atoms with van der Waals surface area (Å²) in [6.45, 7) is 9.65. The lowest BCUT2D eigenvalue weighted by Crippen LogP contribution is -2.49. The molecule has 2 fully saturated rings. The van der Waals surface area contributed by atoms with E-state index in [2.05, 4.69) is 40.4 Å². The van der Waals surface area contributed by atoms with Gasteiger partial charge in [0.1, 0.15) is 11.2 Å². The van der Waals surface area contributed by atoms with Crippen LogP contribution in [0.4, 0.5) is 5.95 Å². The molecule has 1 atom stereocenters. The lowest BCUT2D eigenvalue weighted by atomic mass is 9.83. The highest BCUT2D eigenvalue weighted by Gasteiger charge is 2.33. The zero-order valence-electron chi connectivity index (χ0n) is 22.6. The van der Waals surface area contributed by atoms with Crippen LogP contribution in [0.15, 0.2) is 33.5 Å². The lowest BCUT2D eigenvalue weighted by molar-refractivity contribution is 0.0792. The van der Waals surface area contributed by atoms with Crippen LogP contribution in [-0.2, 0) is 11.3 Å². The van der Waals surface area contributed by atoms with Crippen LogP contribution in [-0.4, -0.2) is 55.5 Å². The number of ether oxygens (including phenoxy) is 1. The fourth-order valence-corrected chi connectivity index (χ4v) is 6.06. The molecule has 0 bridgehead atoms. The van der Waals surface area contributed by atoms with Gasteiger partial charge in [-0.05, 0) is 42.7 Å². The Morgan fingerprint density at radius 3 is 2.69 bits per heavy atom. The number of nitrogens with one attached hydrogen (secondary N) is 1. The number of morpholine rings is 1. The third kappa shape index (κ3) is 5.19. The molecule has 4 heterocycles. The number of halogens is 1. The third-order valence-corrected chi connectivity index (χ3v) is 8.31. The summed E-state index contributed by atoms with van der Waals surface area (Å²) in [7, 11) is 0. The van der Waals surface area contributed by atoms with Crippen molar-refractivity contribution in [2.45, 2.75) is 59.0 Å². The number of rotatable bonds is 6. The molecule has 1 saturated carbocycles. The van der Waals surface area contributed by atoms with Crippen LogP contribution in [0, 0.1) is 17.8 Å². The summed E-state index contributed by atoms with van der Waals surface area (Å²) in [6.07, 6.45) is 4.83. The average Bonchev–Trinajstić information content (AvgIpc) is 3.53. The first-order valence-corrected chi connectivity index (χ1v) is 14.2. The standard InChI is InChI=1S/C28H34ClN7O3/c1-16(2)21-15-38-12-11-35(21)27-32-24-23(36(27)14-18-9-7-17(3)8-10-18)22(19-5-4-6-20(29)13-19)30-25(31-24)26-33-34-28(37)39-26/h4-6,13,16-18,21H,7-12,14-15H2,1-3H3,(H,34,37)/t17?,18?,21-/m0/s1. The molecule has 4 aromatic rings. The molecule has 6 rings (SSSR count). The molecule has 2 aliphatic rings. The Kier molecular flexibility index (Phi) is 7.16. The number of fused-ring (bicyclic) bond motifs is 1. The molecule has 10 nitrogen and oxygen atoms in total. The lowest BCUT2D eigenvalue weighted by Gasteiger charge is -2.39. The number of H-pyrrole nitrogens is 1. The zero-order chi connectivity index (χ0) is 27.1. The highest BCUT2D eigenvalue weighted by Crippen LogP contribution is 2.37. The van der Waals surface area contributed by atoms with Gasteiger partial charge in [-0.25, -0.2) is 19.9 Å². The van der Waals surface area contributed by atoms with E-state index in [1.165, 1.54) is 25.7 Å². The first-order chi connectivity index (χ1) is 18.9. The second-order valence-electron chi connectivity index (χ2n) is 11.2. The molecule has 39 heavy (non-hydrogen) atoms. The van der Waals surface area contributed by atoms with Crippen LogP contribution in [0.25, 0.3) is 34.1 Å². The Bertz CT molecular complexity index is 1520. The van der Waals surface area contributed by atoms with Gasteiger partial charge in [-0.15, -0.1) is 5.10 Å². The van der Waals surface area contributed by atoms with E-state index in [1.807, 2.05) is 24.3 Å². The van der Waals surface area contributed by atoms with E-state index in [-0.39, 0.29) is 17.8 Å². The van der Waals surface area contributed by atoms with Crippen molar-refractivity contribution < 1.29 is 9.15 Å². The fraction of sp³-hybridized carbons (Fsp3) is 0.536. The van der Waals surface area contributed by atoms with Gasteiger partial charge in [0, 0.05) is 23.7 Å². The van der Waals surface area contributed by atoms with Crippen molar-refractivity contribution >= 4 is 28.7 Å². The normalized spacial score (nSPS) is 22.2. The molecule has 1 saturated heterocycles. The van der Waals surface area contributed by atoms with Crippen LogP contribution in [0.1, 0.15) is 46.5 Å². The number of anilines is 1. The molecule has 1 aliphatic carbocycles. The predicted octanol–water partition coefficient (Wildman–Crippen LogP) is 5.18. The maximum atomic E-state index is 11.7. The monoisotopic (exact) mass is 551 g/mol. The largest absolute Gasteiger partial charge is 0.434 e. The van der Waals surface area contributed by atoms with Crippen molar-refractivity contribution in [1.29, 1.82) is 0 Å². The van der Waals surface area contributed by atoms with Crippen molar-refractivity contribution in [3.05, 3.63) is 39.8 Å². The van der Waals surface area contributed by atoms with Gasteiger partial charge in [-0.2, -0.15) is 4.98 Å². The van der Waals surface area contributed by atoms with Crippen LogP contribution >= 0.6 is 11.6 Å². The molecule has 0 spiro atoms. The second kappa shape index (κ2) is 10.7. The van der Waals surface area contributed by atoms with Crippen molar-refractivity contribution in [3.8, 4) is 23.0 Å². The quantitative estimate of drug-likeness (QED) is 0.348. The molecule has 1 aliphatic heterocycles. The van der Waals surface area contributed by atoms with Gasteiger partial charge >= 0.3 is 5.76 Å². The summed E-state index contributed by atoms with van der Waals surface area (Å²) in [5.74, 6) is 2.11. The average molecular weight is 552 g/mol. The summed E-state index contributed by atoms with van der Waals surface area (Å²) in [5, 5.41) is 6.89. The van der Waals surface area contributed by atoms with Gasteiger partial charge in [0.15, 0.2) is 5.65 Å². The Hall–Kier alpha value is -3.24. The molecular formula is C28H34ClN7O3. The highest BCUT2D eigenvalue weighted by molar-refractivity contribution is 6.30. The molecule has 206 valence electrons. The van der Waals surface area contributed by atoms with Gasteiger partial charge < -0.3 is 18.6 Å². The maximum absolute atomic E-state index is 11.7. The molecule has 0 amide bonds. The summed E-state index contributed by atoms with van der Waals surface area (Å²) >= 11 is 6.43. The smallest absolute Gasteiger partial charge is 0.384 e. The topological polar surface area (TPSA) is 115 Å². The van der Waals surface area contributed by atoms with E-state index in [4.69, 9.17) is 35.7 Å². The van der Waals surface area contributed by atoms with Gasteiger partial charge in [-0.3, -0.25) is 0 Å². The first-order valence-electron chi connectivity index (χ1n) is 13.8. The van der Waals surface area contributed by atoms with E-state index in [0.29, 0.717) is 41.4 Å². The number of aromatic nitrogens is 6. The predicted molar refractivity (Wildman–Crippen MR) is 150 cm³/mol. The van der Waals surface area contributed by atoms with E-state index in [0.717, 1.165) is 36.0 Å². The maximum Gasteiger partial charge on any atom is 0.434 e. The molecule has 11 heteroatoms. The Balaban J connectivity index is 1.58. The molecule has 0 radical (unpaired) electrons. The van der Waals surface area contributed by atoms with Crippen molar-refractivity contribution in [2.75, 3.05) is 24.7 Å². The number of nitrogens with zero attached hydrogens (tertiary/aromatic N) is 6. The summed E-state index contributed by atoms with van der Waals surface area (Å²) in [4.78, 5) is 28.9. The number of hydrogen-bond acceptors (Lipinski definition) is 8. The molecule has 1 N–H and O–H groups in total. The van der Waals surface area contributed by atoms with E-state index >= 15 is 0 Å². The van der Waals surface area contributed by atoms with Crippen molar-refractivity contribution in [2.24, 2.45) is 17.8 Å². The highest BCUT2D eigenvalue weighted by atomic mass is 35.5. The Morgan fingerprint density at radius 2 is 1.97 bits per heavy atom. The summed E-state index contributed by atoms with van der Waals surface area (Å²) in [5.41, 5.74) is 2.90. The van der Waals surface area contributed by atoms with E-state index in [9.17, 15) is 4.79 Å². The summed E-state index contributed by atoms with van der Waals surface area (Å²) < 4.78 is 13.4. The molecule has 1 aromatic carbocycles. The SMILES string of the molecule is CC1CCC(Cn2c(N3CCOC[C@H]3C(C)C)nc3nc(-c4n[nH]c(=O)o4)nc(-c4cccc(Cl)c4)c32)CC1. The van der Waals surface area contributed by atoms with E-state index < -0.39 is 5.76 Å². The number of benzene rings is 1. The van der Waals surface area contributed by atoms with Gasteiger partial charge in [-0.1, -0.05) is 57.3 Å². The molecule has 3 aromatic heterocycles. The first kappa shape index (κ1) is 26.0. The van der Waals surface area contributed by atoms with Crippen LogP contribution in [0.2, 0.25) is 5.02 Å².